The van der Waals surface area contributed by atoms with E-state index in [9.17, 15) is 4.79 Å². The van der Waals surface area contributed by atoms with Crippen molar-refractivity contribution in [3.8, 4) is 0 Å². The van der Waals surface area contributed by atoms with Gasteiger partial charge in [0.15, 0.2) is 0 Å². The predicted molar refractivity (Wildman–Crippen MR) is 63.2 cm³/mol. The SMILES string of the molecule is Cc1ccc(NC(=O)C2CCCCN2)nc1. The molecular formula is C12H17N3O. The summed E-state index contributed by atoms with van der Waals surface area (Å²) in [5, 5.41) is 6.04. The molecule has 2 heterocycles. The molecule has 2 N–H and O–H groups in total. The number of nitrogens with one attached hydrogen (secondary N) is 2. The lowest BCUT2D eigenvalue weighted by atomic mass is 10.0. The monoisotopic (exact) mass is 219 g/mol. The fourth-order valence-electron chi connectivity index (χ4n) is 1.83. The highest BCUT2D eigenvalue weighted by molar-refractivity contribution is 5.94. The minimum absolute atomic E-state index is 0.0241. The molecule has 4 nitrogen and oxygen atoms in total. The fraction of sp³-hybridized carbons (Fsp3) is 0.500. The van der Waals surface area contributed by atoms with Crippen LogP contribution < -0.4 is 10.6 Å². The summed E-state index contributed by atoms with van der Waals surface area (Å²) in [4.78, 5) is 16.0. The van der Waals surface area contributed by atoms with Gasteiger partial charge in [0.1, 0.15) is 5.82 Å². The third-order valence-corrected chi connectivity index (χ3v) is 2.79. The molecular weight excluding hydrogens is 202 g/mol. The van der Waals surface area contributed by atoms with E-state index >= 15 is 0 Å². The molecule has 1 aromatic rings. The molecule has 16 heavy (non-hydrogen) atoms. The zero-order valence-corrected chi connectivity index (χ0v) is 9.49. The zero-order chi connectivity index (χ0) is 11.4. The number of piperidine rings is 1. The van der Waals surface area contributed by atoms with E-state index < -0.39 is 0 Å². The van der Waals surface area contributed by atoms with Crippen molar-refractivity contribution < 1.29 is 4.79 Å². The average molecular weight is 219 g/mol. The Morgan fingerprint density at radius 1 is 1.50 bits per heavy atom. The number of aryl methyl sites for hydroxylation is 1. The van der Waals surface area contributed by atoms with Crippen molar-refractivity contribution in [1.29, 1.82) is 0 Å². The Bertz CT molecular complexity index is 355. The van der Waals surface area contributed by atoms with Crippen LogP contribution in [0, 0.1) is 6.92 Å². The summed E-state index contributed by atoms with van der Waals surface area (Å²) in [7, 11) is 0. The Morgan fingerprint density at radius 3 is 3.00 bits per heavy atom. The van der Waals surface area contributed by atoms with Crippen LogP contribution in [0.3, 0.4) is 0 Å². The summed E-state index contributed by atoms with van der Waals surface area (Å²) < 4.78 is 0. The van der Waals surface area contributed by atoms with Crippen LogP contribution in [0.25, 0.3) is 0 Å². The van der Waals surface area contributed by atoms with Crippen molar-refractivity contribution in [1.82, 2.24) is 10.3 Å². The number of anilines is 1. The number of carbonyl (C=O) groups is 1. The predicted octanol–water partition coefficient (Wildman–Crippen LogP) is 1.47. The highest BCUT2D eigenvalue weighted by Crippen LogP contribution is 2.10. The lowest BCUT2D eigenvalue weighted by molar-refractivity contribution is -0.118. The second-order valence-electron chi connectivity index (χ2n) is 4.21. The van der Waals surface area contributed by atoms with Gasteiger partial charge in [-0.05, 0) is 37.9 Å². The Kier molecular flexibility index (Phi) is 3.51. The van der Waals surface area contributed by atoms with Crippen LogP contribution in [0.15, 0.2) is 18.3 Å². The molecule has 1 atom stereocenters. The van der Waals surface area contributed by atoms with Crippen LogP contribution in [0.5, 0.6) is 0 Å². The van der Waals surface area contributed by atoms with Crippen molar-refractivity contribution in [2.75, 3.05) is 11.9 Å². The van der Waals surface area contributed by atoms with Gasteiger partial charge in [-0.15, -0.1) is 0 Å². The van der Waals surface area contributed by atoms with E-state index in [0.29, 0.717) is 5.82 Å². The fourth-order valence-corrected chi connectivity index (χ4v) is 1.83. The average Bonchev–Trinajstić information content (AvgIpc) is 2.33. The molecule has 86 valence electrons. The maximum Gasteiger partial charge on any atom is 0.242 e. The second-order valence-corrected chi connectivity index (χ2v) is 4.21. The lowest BCUT2D eigenvalue weighted by Gasteiger charge is -2.22. The summed E-state index contributed by atoms with van der Waals surface area (Å²) in [6.45, 7) is 2.90. The van der Waals surface area contributed by atoms with Crippen molar-refractivity contribution in [3.05, 3.63) is 23.9 Å². The molecule has 1 fully saturated rings. The Morgan fingerprint density at radius 2 is 2.38 bits per heavy atom. The third kappa shape index (κ3) is 2.79. The normalized spacial score (nSPS) is 20.4. The minimum atomic E-state index is -0.0585. The quantitative estimate of drug-likeness (QED) is 0.792. The first-order valence-electron chi connectivity index (χ1n) is 5.72. The molecule has 0 bridgehead atoms. The maximum atomic E-state index is 11.8. The molecule has 1 aliphatic heterocycles. The van der Waals surface area contributed by atoms with E-state index in [2.05, 4.69) is 15.6 Å². The van der Waals surface area contributed by atoms with Gasteiger partial charge in [-0.25, -0.2) is 4.98 Å². The van der Waals surface area contributed by atoms with E-state index in [0.717, 1.165) is 31.4 Å². The van der Waals surface area contributed by atoms with E-state index in [1.54, 1.807) is 6.20 Å². The number of amides is 1. The van der Waals surface area contributed by atoms with Crippen LogP contribution in [-0.2, 0) is 4.79 Å². The molecule has 0 spiro atoms. The van der Waals surface area contributed by atoms with Crippen LogP contribution >= 0.6 is 0 Å². The van der Waals surface area contributed by atoms with E-state index in [1.807, 2.05) is 19.1 Å². The minimum Gasteiger partial charge on any atom is -0.309 e. The van der Waals surface area contributed by atoms with Gasteiger partial charge in [0, 0.05) is 6.20 Å². The molecule has 1 aromatic heterocycles. The van der Waals surface area contributed by atoms with Gasteiger partial charge in [-0.2, -0.15) is 0 Å². The van der Waals surface area contributed by atoms with Gasteiger partial charge >= 0.3 is 0 Å². The van der Waals surface area contributed by atoms with Crippen molar-refractivity contribution in [2.24, 2.45) is 0 Å². The van der Waals surface area contributed by atoms with Crippen molar-refractivity contribution in [3.63, 3.8) is 0 Å². The largest absolute Gasteiger partial charge is 0.309 e. The summed E-state index contributed by atoms with van der Waals surface area (Å²) in [5.41, 5.74) is 1.09. The lowest BCUT2D eigenvalue weighted by Crippen LogP contribution is -2.43. The van der Waals surface area contributed by atoms with Crippen molar-refractivity contribution in [2.45, 2.75) is 32.2 Å². The van der Waals surface area contributed by atoms with Gasteiger partial charge in [0.2, 0.25) is 5.91 Å². The van der Waals surface area contributed by atoms with Gasteiger partial charge in [-0.3, -0.25) is 4.79 Å². The smallest absolute Gasteiger partial charge is 0.242 e. The third-order valence-electron chi connectivity index (χ3n) is 2.79. The zero-order valence-electron chi connectivity index (χ0n) is 9.49. The van der Waals surface area contributed by atoms with Gasteiger partial charge in [0.25, 0.3) is 0 Å². The molecule has 0 aliphatic carbocycles. The number of hydrogen-bond donors (Lipinski definition) is 2. The van der Waals surface area contributed by atoms with Gasteiger partial charge in [-0.1, -0.05) is 12.5 Å². The molecule has 1 unspecified atom stereocenters. The van der Waals surface area contributed by atoms with Crippen molar-refractivity contribution >= 4 is 11.7 Å². The number of hydrogen-bond acceptors (Lipinski definition) is 3. The molecule has 1 saturated heterocycles. The van der Waals surface area contributed by atoms with E-state index in [4.69, 9.17) is 0 Å². The van der Waals surface area contributed by atoms with E-state index in [1.165, 1.54) is 0 Å². The molecule has 2 rings (SSSR count). The topological polar surface area (TPSA) is 54.0 Å². The molecule has 0 radical (unpaired) electrons. The van der Waals surface area contributed by atoms with E-state index in [-0.39, 0.29) is 11.9 Å². The molecule has 4 heteroatoms. The summed E-state index contributed by atoms with van der Waals surface area (Å²) >= 11 is 0. The Balaban J connectivity index is 1.93. The highest BCUT2D eigenvalue weighted by atomic mass is 16.2. The number of aromatic nitrogens is 1. The molecule has 0 aromatic carbocycles. The first kappa shape index (κ1) is 11.1. The summed E-state index contributed by atoms with van der Waals surface area (Å²) in [6, 6.07) is 3.71. The highest BCUT2D eigenvalue weighted by Gasteiger charge is 2.20. The number of pyridine rings is 1. The Hall–Kier alpha value is -1.42. The van der Waals surface area contributed by atoms with Crippen LogP contribution in [0.4, 0.5) is 5.82 Å². The van der Waals surface area contributed by atoms with Gasteiger partial charge in [0.05, 0.1) is 6.04 Å². The van der Waals surface area contributed by atoms with Crippen LogP contribution in [0.1, 0.15) is 24.8 Å². The second kappa shape index (κ2) is 5.07. The summed E-state index contributed by atoms with van der Waals surface area (Å²) in [5.74, 6) is 0.652. The molecule has 0 saturated carbocycles. The molecule has 1 aliphatic rings. The van der Waals surface area contributed by atoms with Gasteiger partial charge < -0.3 is 10.6 Å². The number of carbonyl (C=O) groups excluding carboxylic acids is 1. The summed E-state index contributed by atoms with van der Waals surface area (Å²) in [6.07, 6.45) is 4.95. The maximum absolute atomic E-state index is 11.8. The van der Waals surface area contributed by atoms with Crippen LogP contribution in [-0.4, -0.2) is 23.5 Å². The first-order valence-corrected chi connectivity index (χ1v) is 5.72. The standard InChI is InChI=1S/C12H17N3O/c1-9-5-6-11(14-8-9)15-12(16)10-4-2-3-7-13-10/h5-6,8,10,13H,2-4,7H2,1H3,(H,14,15,16). The Labute approximate surface area is 95.5 Å². The first-order chi connectivity index (χ1) is 7.75. The number of rotatable bonds is 2. The van der Waals surface area contributed by atoms with Crippen LogP contribution in [0.2, 0.25) is 0 Å². The molecule has 1 amide bonds. The number of nitrogens with zero attached hydrogens (tertiary/aromatic N) is 1.